The molecule has 0 spiro atoms. The number of aliphatic hydroxyl groups excluding tert-OH is 1. The van der Waals surface area contributed by atoms with Gasteiger partial charge in [0.2, 0.25) is 0 Å². The first-order valence-corrected chi connectivity index (χ1v) is 18.2. The van der Waals surface area contributed by atoms with Crippen molar-refractivity contribution in [3.05, 3.63) is 102 Å². The van der Waals surface area contributed by atoms with Gasteiger partial charge in [0.1, 0.15) is 30.4 Å². The van der Waals surface area contributed by atoms with Crippen LogP contribution in [0.5, 0.6) is 0 Å². The van der Waals surface area contributed by atoms with Gasteiger partial charge in [0.15, 0.2) is 0 Å². The van der Waals surface area contributed by atoms with Gasteiger partial charge in [-0.05, 0) is 108 Å². The van der Waals surface area contributed by atoms with E-state index in [-0.39, 0.29) is 31.4 Å². The second-order valence-corrected chi connectivity index (χ2v) is 14.7. The zero-order valence-electron chi connectivity index (χ0n) is 29.4. The molecule has 9 nitrogen and oxygen atoms in total. The zero-order valence-corrected chi connectivity index (χ0v) is 31.0. The first kappa shape index (κ1) is 40.6. The lowest BCUT2D eigenvalue weighted by Gasteiger charge is -2.19. The third kappa shape index (κ3) is 15.8. The smallest absolute Gasteiger partial charge is 0.408 e. The van der Waals surface area contributed by atoms with Crippen LogP contribution in [0.1, 0.15) is 77.3 Å². The topological polar surface area (TPSA) is 120 Å². The van der Waals surface area contributed by atoms with E-state index in [0.717, 1.165) is 41.0 Å². The van der Waals surface area contributed by atoms with E-state index >= 15 is 0 Å². The molecule has 1 saturated heterocycles. The molecular formula is C37H47F2N3O6S2. The Morgan fingerprint density at radius 3 is 1.80 bits per heavy atom. The highest BCUT2D eigenvalue weighted by atomic mass is 32.1. The Bertz CT molecular complexity index is 1640. The normalized spacial score (nSPS) is 12.3. The number of hydrogen-bond donors (Lipinski definition) is 2. The van der Waals surface area contributed by atoms with Gasteiger partial charge in [-0.3, -0.25) is 4.79 Å². The van der Waals surface area contributed by atoms with Crippen molar-refractivity contribution in [3.63, 3.8) is 0 Å². The maximum atomic E-state index is 14.3. The van der Waals surface area contributed by atoms with Crippen LogP contribution in [0.2, 0.25) is 0 Å². The quantitative estimate of drug-likeness (QED) is 0.151. The minimum Gasteiger partial charge on any atom is -0.459 e. The molecule has 1 amide bonds. The second kappa shape index (κ2) is 20.8. The highest BCUT2D eigenvalue weighted by molar-refractivity contribution is 7.09. The van der Waals surface area contributed by atoms with E-state index in [1.807, 2.05) is 24.6 Å². The molecule has 272 valence electrons. The minimum atomic E-state index is -0.699. The van der Waals surface area contributed by atoms with Crippen LogP contribution in [-0.4, -0.2) is 52.5 Å². The predicted octanol–water partition coefficient (Wildman–Crippen LogP) is 7.61. The first-order chi connectivity index (χ1) is 23.8. The second-order valence-electron chi connectivity index (χ2n) is 12.6. The number of amides is 1. The maximum absolute atomic E-state index is 14.3. The lowest BCUT2D eigenvalue weighted by Crippen LogP contribution is -2.36. The monoisotopic (exact) mass is 731 g/mol. The van der Waals surface area contributed by atoms with Crippen LogP contribution >= 0.6 is 22.7 Å². The Labute approximate surface area is 301 Å². The van der Waals surface area contributed by atoms with E-state index in [1.165, 1.54) is 25.0 Å². The number of aliphatic hydroxyl groups is 1. The number of nitrogens with zero attached hydrogens (tertiary/aromatic N) is 2. The fraction of sp³-hybridized carbons (Fsp3) is 0.459. The molecule has 0 saturated carbocycles. The number of aromatic nitrogens is 2. The molecule has 5 rings (SSSR count). The third-order valence-electron chi connectivity index (χ3n) is 7.05. The fourth-order valence-corrected chi connectivity index (χ4v) is 5.82. The van der Waals surface area contributed by atoms with E-state index in [2.05, 4.69) is 15.3 Å². The molecule has 1 aliphatic heterocycles. The van der Waals surface area contributed by atoms with E-state index in [0.29, 0.717) is 41.5 Å². The number of rotatable bonds is 11. The van der Waals surface area contributed by atoms with Gasteiger partial charge in [-0.25, -0.2) is 23.5 Å². The predicted molar refractivity (Wildman–Crippen MR) is 191 cm³/mol. The maximum Gasteiger partial charge on any atom is 0.408 e. The number of carbonyl (C=O) groups is 2. The molecule has 0 unspecified atom stereocenters. The molecule has 50 heavy (non-hydrogen) atoms. The molecule has 0 aliphatic carbocycles. The number of nitrogens with one attached hydrogen (secondary N) is 1. The van der Waals surface area contributed by atoms with Gasteiger partial charge >= 0.3 is 12.1 Å². The van der Waals surface area contributed by atoms with Crippen LogP contribution < -0.4 is 5.32 Å². The summed E-state index contributed by atoms with van der Waals surface area (Å²) in [5.41, 5.74) is 3.73. The molecule has 1 fully saturated rings. The fourth-order valence-electron chi connectivity index (χ4n) is 4.53. The summed E-state index contributed by atoms with van der Waals surface area (Å²) >= 11 is 3.19. The molecule has 2 N–H and O–H groups in total. The van der Waals surface area contributed by atoms with Crippen molar-refractivity contribution in [1.29, 1.82) is 0 Å². The number of ether oxygens (including phenoxy) is 3. The summed E-state index contributed by atoms with van der Waals surface area (Å²) in [7, 11) is 0. The van der Waals surface area contributed by atoms with Crippen molar-refractivity contribution in [3.8, 4) is 0 Å². The van der Waals surface area contributed by atoms with Crippen molar-refractivity contribution in [1.82, 2.24) is 15.3 Å². The average molecular weight is 732 g/mol. The SMILES string of the molecule is C1CCOC1.Cc1nc(CCc2ccc(CO)cc2F)cs1.Cc1nc(CCc2ccc(COC(=O)CNC(=O)OC(C)(C)C)cc2F)cs1. The van der Waals surface area contributed by atoms with E-state index in [1.54, 1.807) is 67.7 Å². The first-order valence-electron chi connectivity index (χ1n) is 16.5. The zero-order chi connectivity index (χ0) is 36.5. The molecule has 4 aromatic rings. The van der Waals surface area contributed by atoms with Crippen LogP contribution in [0.25, 0.3) is 0 Å². The molecule has 0 atom stereocenters. The molecule has 2 aromatic carbocycles. The number of carbonyl (C=O) groups excluding carboxylic acids is 2. The summed E-state index contributed by atoms with van der Waals surface area (Å²) in [6.07, 6.45) is 4.47. The van der Waals surface area contributed by atoms with Crippen LogP contribution in [-0.2, 0) is 57.9 Å². The number of alkyl carbamates (subject to hydrolysis) is 1. The van der Waals surface area contributed by atoms with Crippen LogP contribution in [0.3, 0.4) is 0 Å². The van der Waals surface area contributed by atoms with E-state index in [9.17, 15) is 18.4 Å². The Morgan fingerprint density at radius 1 is 0.860 bits per heavy atom. The molecule has 1 aliphatic rings. The Kier molecular flexibility index (Phi) is 16.9. The largest absolute Gasteiger partial charge is 0.459 e. The number of esters is 1. The number of benzene rings is 2. The number of halogens is 2. The summed E-state index contributed by atoms with van der Waals surface area (Å²) in [6.45, 7) is 10.6. The van der Waals surface area contributed by atoms with Crippen molar-refractivity contribution < 1.29 is 37.7 Å². The summed E-state index contributed by atoms with van der Waals surface area (Å²) in [5.74, 6) is -1.22. The molecule has 13 heteroatoms. The molecule has 2 aromatic heterocycles. The van der Waals surface area contributed by atoms with Crippen molar-refractivity contribution in [2.45, 2.75) is 92.0 Å². The number of aryl methyl sites for hydroxylation is 6. The van der Waals surface area contributed by atoms with Crippen LogP contribution in [0, 0.1) is 25.5 Å². The van der Waals surface area contributed by atoms with E-state index < -0.39 is 17.7 Å². The van der Waals surface area contributed by atoms with Gasteiger partial charge in [-0.15, -0.1) is 22.7 Å². The lowest BCUT2D eigenvalue weighted by molar-refractivity contribution is -0.143. The van der Waals surface area contributed by atoms with Crippen LogP contribution in [0.4, 0.5) is 13.6 Å². The van der Waals surface area contributed by atoms with Gasteiger partial charge in [0.05, 0.1) is 28.0 Å². The Hall–Kier alpha value is -3.78. The van der Waals surface area contributed by atoms with E-state index in [4.69, 9.17) is 19.3 Å². The molecule has 3 heterocycles. The van der Waals surface area contributed by atoms with Gasteiger partial charge in [0.25, 0.3) is 0 Å². The summed E-state index contributed by atoms with van der Waals surface area (Å²) in [4.78, 5) is 31.9. The molecule has 0 radical (unpaired) electrons. The van der Waals surface area contributed by atoms with Crippen molar-refractivity contribution >= 4 is 34.7 Å². The summed E-state index contributed by atoms with van der Waals surface area (Å²) in [5, 5.41) is 17.2. The number of hydrogen-bond acceptors (Lipinski definition) is 10. The third-order valence-corrected chi connectivity index (χ3v) is 8.70. The Balaban J connectivity index is 0.000000257. The lowest BCUT2D eigenvalue weighted by atomic mass is 10.1. The van der Waals surface area contributed by atoms with Crippen molar-refractivity contribution in [2.75, 3.05) is 19.8 Å². The van der Waals surface area contributed by atoms with Crippen LogP contribution in [0.15, 0.2) is 47.2 Å². The number of thiazole rings is 2. The highest BCUT2D eigenvalue weighted by Crippen LogP contribution is 2.17. The summed E-state index contributed by atoms with van der Waals surface area (Å²) in [6, 6.07) is 9.65. The molecule has 0 bridgehead atoms. The summed E-state index contributed by atoms with van der Waals surface area (Å²) < 4.78 is 42.9. The Morgan fingerprint density at radius 2 is 1.38 bits per heavy atom. The highest BCUT2D eigenvalue weighted by Gasteiger charge is 2.17. The van der Waals surface area contributed by atoms with Gasteiger partial charge in [0, 0.05) is 24.0 Å². The minimum absolute atomic E-state index is 0.0721. The molecular weight excluding hydrogens is 685 g/mol. The van der Waals surface area contributed by atoms with Gasteiger partial charge < -0.3 is 24.6 Å². The van der Waals surface area contributed by atoms with Gasteiger partial charge in [-0.2, -0.15) is 0 Å². The van der Waals surface area contributed by atoms with Crippen molar-refractivity contribution in [2.24, 2.45) is 0 Å². The average Bonchev–Trinajstić information content (AvgIpc) is 3.86. The standard InChI is InChI=1S/C20H25FN2O4S.C13H14FNOS.C4H8O/c1-13-23-16(12-28-13)8-7-15-6-5-14(9-17(15)21)11-26-18(24)10-22-19(25)27-20(2,3)4;1-9-15-12(8-17-9)5-4-11-3-2-10(7-16)6-13(11)14;1-2-4-5-3-1/h5-6,9,12H,7-8,10-11H2,1-4H3,(H,22,25);2-3,6,8,16H,4-5,7H2,1H3;1-4H2. The van der Waals surface area contributed by atoms with Gasteiger partial charge in [-0.1, -0.05) is 24.3 Å².